The van der Waals surface area contributed by atoms with Crippen molar-refractivity contribution in [1.29, 1.82) is 0 Å². The van der Waals surface area contributed by atoms with Gasteiger partial charge in [0.25, 0.3) is 5.91 Å². The number of rotatable bonds is 8. The molecule has 2 N–H and O–H groups in total. The van der Waals surface area contributed by atoms with E-state index in [0.29, 0.717) is 28.0 Å². The van der Waals surface area contributed by atoms with Crippen LogP contribution in [0.3, 0.4) is 0 Å². The summed E-state index contributed by atoms with van der Waals surface area (Å²) in [6, 6.07) is 15.1. The first-order chi connectivity index (χ1) is 15.8. The van der Waals surface area contributed by atoms with Gasteiger partial charge in [-0.2, -0.15) is 0 Å². The molecule has 1 saturated heterocycles. The van der Waals surface area contributed by atoms with Crippen LogP contribution in [0.2, 0.25) is 5.02 Å². The summed E-state index contributed by atoms with van der Waals surface area (Å²) in [6.07, 6.45) is 0.826. The lowest BCUT2D eigenvalue weighted by atomic mass is 10.2. The van der Waals surface area contributed by atoms with Crippen LogP contribution in [0.4, 0.5) is 11.4 Å². The molecule has 0 unspecified atom stereocenters. The van der Waals surface area contributed by atoms with E-state index in [1.165, 1.54) is 17.4 Å². The van der Waals surface area contributed by atoms with Gasteiger partial charge in [0.2, 0.25) is 0 Å². The molecule has 33 heavy (non-hydrogen) atoms. The van der Waals surface area contributed by atoms with Gasteiger partial charge in [0, 0.05) is 36.1 Å². The number of nitrogens with one attached hydrogen (secondary N) is 2. The molecule has 2 aromatic carbocycles. The summed E-state index contributed by atoms with van der Waals surface area (Å²) < 4.78 is 23.5. The molecule has 176 valence electrons. The molecule has 2 aliphatic heterocycles. The first-order valence-electron chi connectivity index (χ1n) is 10.9. The Morgan fingerprint density at radius 1 is 1.21 bits per heavy atom. The van der Waals surface area contributed by atoms with Crippen molar-refractivity contribution in [2.45, 2.75) is 24.6 Å². The number of amidine groups is 1. The van der Waals surface area contributed by atoms with E-state index in [1.54, 1.807) is 18.2 Å². The Morgan fingerprint density at radius 2 is 2.00 bits per heavy atom. The number of fused-ring (bicyclic) bond motifs is 1. The Kier molecular flexibility index (Phi) is 7.51. The Balaban J connectivity index is 1.30. The molecule has 0 aromatic heterocycles. The first-order valence-corrected chi connectivity index (χ1v) is 14.0. The summed E-state index contributed by atoms with van der Waals surface area (Å²) in [7, 11) is -3.00. The Hall–Kier alpha value is -2.23. The summed E-state index contributed by atoms with van der Waals surface area (Å²) in [5.74, 6) is 0.0695. The number of carbonyl (C=O) groups is 1. The van der Waals surface area contributed by atoms with Gasteiger partial charge in [0.05, 0.1) is 28.3 Å². The zero-order chi connectivity index (χ0) is 23.4. The van der Waals surface area contributed by atoms with Gasteiger partial charge in [-0.3, -0.25) is 9.79 Å². The van der Waals surface area contributed by atoms with E-state index in [2.05, 4.69) is 39.6 Å². The smallest absolute Gasteiger partial charge is 0.251 e. The van der Waals surface area contributed by atoms with Crippen molar-refractivity contribution in [3.05, 3.63) is 59.1 Å². The van der Waals surface area contributed by atoms with E-state index in [0.717, 1.165) is 19.5 Å². The van der Waals surface area contributed by atoms with Crippen molar-refractivity contribution in [3.8, 4) is 0 Å². The van der Waals surface area contributed by atoms with E-state index in [1.807, 2.05) is 18.2 Å². The second-order valence-corrected chi connectivity index (χ2v) is 11.9. The number of hydrogen-bond acceptors (Lipinski definition) is 7. The number of benzene rings is 2. The van der Waals surface area contributed by atoms with Gasteiger partial charge in [0.1, 0.15) is 0 Å². The van der Waals surface area contributed by atoms with Crippen molar-refractivity contribution < 1.29 is 13.2 Å². The normalized spacial score (nSPS) is 20.7. The van der Waals surface area contributed by atoms with Gasteiger partial charge in [0.15, 0.2) is 15.0 Å². The number of aliphatic imine (C=N–C) groups is 1. The van der Waals surface area contributed by atoms with E-state index < -0.39 is 9.84 Å². The fraction of sp³-hybridized carbons (Fsp3) is 0.391. The Morgan fingerprint density at radius 3 is 2.73 bits per heavy atom. The molecule has 0 aliphatic carbocycles. The van der Waals surface area contributed by atoms with Gasteiger partial charge < -0.3 is 15.5 Å². The minimum absolute atomic E-state index is 0.0543. The minimum Gasteiger partial charge on any atom is -0.372 e. The summed E-state index contributed by atoms with van der Waals surface area (Å²) in [4.78, 5) is 19.4. The second kappa shape index (κ2) is 10.4. The lowest BCUT2D eigenvalue weighted by molar-refractivity contribution is 0.0953. The third-order valence-corrected chi connectivity index (χ3v) is 9.15. The summed E-state index contributed by atoms with van der Waals surface area (Å²) in [5.41, 5.74) is 2.26. The van der Waals surface area contributed by atoms with Crippen LogP contribution in [-0.4, -0.2) is 61.9 Å². The predicted octanol–water partition coefficient (Wildman–Crippen LogP) is 3.67. The van der Waals surface area contributed by atoms with Crippen molar-refractivity contribution in [2.24, 2.45) is 4.99 Å². The molecule has 0 radical (unpaired) electrons. The molecule has 4 rings (SSSR count). The standard InChI is InChI=1S/C23H27ClN4O3S2/c1-2-28(17-7-4-3-5-8-17)12-6-11-25-22(29)16-9-10-18(24)19(13-16)26-23-27-20-14-33(30,31)15-21(20)32-23/h3-5,7-10,13,20-21H,2,6,11-12,14-15H2,1H3,(H,25,29)(H,26,27)/t20-,21-/m1/s1. The molecule has 1 fully saturated rings. The van der Waals surface area contributed by atoms with Crippen molar-refractivity contribution >= 4 is 55.6 Å². The minimum atomic E-state index is -3.00. The highest BCUT2D eigenvalue weighted by atomic mass is 35.5. The molecule has 1 amide bonds. The molecule has 0 saturated carbocycles. The van der Waals surface area contributed by atoms with Gasteiger partial charge in [-0.25, -0.2) is 8.42 Å². The monoisotopic (exact) mass is 506 g/mol. The third kappa shape index (κ3) is 6.02. The van der Waals surface area contributed by atoms with E-state index in [4.69, 9.17) is 11.6 Å². The van der Waals surface area contributed by atoms with Crippen LogP contribution in [0, 0.1) is 0 Å². The number of thioether (sulfide) groups is 1. The Labute approximate surface area is 203 Å². The van der Waals surface area contributed by atoms with Crippen LogP contribution in [0.25, 0.3) is 0 Å². The molecule has 2 aromatic rings. The molecule has 7 nitrogen and oxygen atoms in total. The van der Waals surface area contributed by atoms with Gasteiger partial charge in [-0.1, -0.05) is 41.6 Å². The number of para-hydroxylation sites is 1. The molecule has 2 atom stereocenters. The molecule has 0 spiro atoms. The largest absolute Gasteiger partial charge is 0.372 e. The van der Waals surface area contributed by atoms with Crippen molar-refractivity contribution in [3.63, 3.8) is 0 Å². The number of hydrogen-bond donors (Lipinski definition) is 2. The fourth-order valence-corrected chi connectivity index (χ4v) is 7.81. The molecule has 2 heterocycles. The van der Waals surface area contributed by atoms with Gasteiger partial charge in [-0.05, 0) is 43.7 Å². The lowest BCUT2D eigenvalue weighted by Gasteiger charge is -2.23. The number of sulfone groups is 1. The number of carbonyl (C=O) groups excluding carboxylic acids is 1. The summed E-state index contributed by atoms with van der Waals surface area (Å²) in [6.45, 7) is 4.43. The van der Waals surface area contributed by atoms with E-state index in [9.17, 15) is 13.2 Å². The molecule has 10 heteroatoms. The first kappa shape index (κ1) is 23.9. The van der Waals surface area contributed by atoms with E-state index >= 15 is 0 Å². The van der Waals surface area contributed by atoms with E-state index in [-0.39, 0.29) is 28.7 Å². The number of nitrogens with zero attached hydrogens (tertiary/aromatic N) is 2. The van der Waals surface area contributed by atoms with Gasteiger partial charge >= 0.3 is 0 Å². The zero-order valence-corrected chi connectivity index (χ0v) is 20.7. The van der Waals surface area contributed by atoms with Crippen molar-refractivity contribution in [2.75, 3.05) is 41.4 Å². The predicted molar refractivity (Wildman–Crippen MR) is 138 cm³/mol. The fourth-order valence-electron chi connectivity index (χ4n) is 3.98. The van der Waals surface area contributed by atoms with Crippen LogP contribution in [0.1, 0.15) is 23.7 Å². The SMILES string of the molecule is CCN(CCCNC(=O)c1ccc(Cl)c(NC2=N[C@@H]3CS(=O)(=O)C[C@H]3S2)c1)c1ccccc1. The van der Waals surface area contributed by atoms with Crippen LogP contribution in [0.15, 0.2) is 53.5 Å². The zero-order valence-electron chi connectivity index (χ0n) is 18.3. The van der Waals surface area contributed by atoms with Crippen LogP contribution in [-0.2, 0) is 9.84 Å². The number of anilines is 2. The quantitative estimate of drug-likeness (QED) is 0.531. The Bertz CT molecular complexity index is 1140. The van der Waals surface area contributed by atoms with Crippen LogP contribution >= 0.6 is 23.4 Å². The maximum absolute atomic E-state index is 12.7. The average Bonchev–Trinajstić information content (AvgIpc) is 3.28. The maximum atomic E-state index is 12.7. The topological polar surface area (TPSA) is 90.9 Å². The highest BCUT2D eigenvalue weighted by Crippen LogP contribution is 2.35. The second-order valence-electron chi connectivity index (χ2n) is 8.08. The highest BCUT2D eigenvalue weighted by Gasteiger charge is 2.42. The number of halogens is 1. The van der Waals surface area contributed by atoms with Crippen LogP contribution < -0.4 is 15.5 Å². The molecule has 0 bridgehead atoms. The maximum Gasteiger partial charge on any atom is 0.251 e. The molecular formula is C23H27ClN4O3S2. The van der Waals surface area contributed by atoms with Crippen LogP contribution in [0.5, 0.6) is 0 Å². The third-order valence-electron chi connectivity index (χ3n) is 5.68. The van der Waals surface area contributed by atoms with Gasteiger partial charge in [-0.15, -0.1) is 0 Å². The average molecular weight is 507 g/mol. The summed E-state index contributed by atoms with van der Waals surface area (Å²) in [5, 5.41) is 7.20. The number of amides is 1. The summed E-state index contributed by atoms with van der Waals surface area (Å²) >= 11 is 7.74. The molecular weight excluding hydrogens is 480 g/mol. The lowest BCUT2D eigenvalue weighted by Crippen LogP contribution is -2.30. The highest BCUT2D eigenvalue weighted by molar-refractivity contribution is 8.15. The molecule has 2 aliphatic rings. The van der Waals surface area contributed by atoms with Crippen molar-refractivity contribution in [1.82, 2.24) is 5.32 Å².